The Bertz CT molecular complexity index is 455. The van der Waals surface area contributed by atoms with E-state index in [0.29, 0.717) is 0 Å². The first-order valence-electron chi connectivity index (χ1n) is 8.41. The Kier molecular flexibility index (Phi) is 6.40. The lowest BCUT2D eigenvalue weighted by molar-refractivity contribution is -0.127. The summed E-state index contributed by atoms with van der Waals surface area (Å²) in [5.41, 5.74) is 1.36. The van der Waals surface area contributed by atoms with E-state index in [9.17, 15) is 4.79 Å². The van der Waals surface area contributed by atoms with Crippen LogP contribution < -0.4 is 5.32 Å². The lowest BCUT2D eigenvalue weighted by Gasteiger charge is -2.37. The average molecular weight is 303 g/mol. The minimum atomic E-state index is -0.0344. The molecule has 1 aromatic rings. The van der Waals surface area contributed by atoms with Crippen LogP contribution in [0.3, 0.4) is 0 Å². The molecule has 1 aliphatic rings. The number of amides is 1. The van der Waals surface area contributed by atoms with E-state index in [1.165, 1.54) is 5.56 Å². The molecule has 0 spiro atoms. The highest BCUT2D eigenvalue weighted by Gasteiger charge is 2.25. The summed E-state index contributed by atoms with van der Waals surface area (Å²) >= 11 is 0. The highest BCUT2D eigenvalue weighted by molar-refractivity contribution is 5.81. The molecule has 2 atom stereocenters. The normalized spacial score (nSPS) is 19.6. The summed E-state index contributed by atoms with van der Waals surface area (Å²) in [5, 5.41) is 3.08. The summed E-state index contributed by atoms with van der Waals surface area (Å²) in [6.45, 7) is 11.1. The van der Waals surface area contributed by atoms with Gasteiger partial charge in [-0.15, -0.1) is 0 Å². The highest BCUT2D eigenvalue weighted by atomic mass is 16.2. The van der Waals surface area contributed by atoms with Gasteiger partial charge >= 0.3 is 0 Å². The van der Waals surface area contributed by atoms with Gasteiger partial charge < -0.3 is 5.32 Å². The number of carbonyl (C=O) groups is 1. The summed E-state index contributed by atoms with van der Waals surface area (Å²) < 4.78 is 0. The van der Waals surface area contributed by atoms with Crippen LogP contribution >= 0.6 is 0 Å². The number of rotatable bonds is 6. The van der Waals surface area contributed by atoms with Crippen LogP contribution in [0, 0.1) is 0 Å². The third-order valence-electron chi connectivity index (χ3n) is 4.58. The molecule has 1 aromatic carbocycles. The van der Waals surface area contributed by atoms with E-state index in [2.05, 4.69) is 59.3 Å². The summed E-state index contributed by atoms with van der Waals surface area (Å²) in [7, 11) is 0. The molecule has 0 saturated carbocycles. The maximum absolute atomic E-state index is 12.2. The van der Waals surface area contributed by atoms with Crippen molar-refractivity contribution >= 4 is 5.91 Å². The van der Waals surface area contributed by atoms with Gasteiger partial charge in [0.15, 0.2) is 0 Å². The second-order valence-electron chi connectivity index (χ2n) is 6.29. The Balaban J connectivity index is 1.77. The van der Waals surface area contributed by atoms with Gasteiger partial charge in [0.05, 0.1) is 6.04 Å². The molecule has 122 valence electrons. The third-order valence-corrected chi connectivity index (χ3v) is 4.58. The van der Waals surface area contributed by atoms with Gasteiger partial charge in [0, 0.05) is 38.8 Å². The minimum absolute atomic E-state index is 0.0344. The fourth-order valence-electron chi connectivity index (χ4n) is 2.78. The molecular weight excluding hydrogens is 274 g/mol. The molecule has 0 aromatic heterocycles. The van der Waals surface area contributed by atoms with Crippen LogP contribution in [0.25, 0.3) is 0 Å². The van der Waals surface area contributed by atoms with E-state index >= 15 is 0 Å². The Morgan fingerprint density at radius 3 is 2.36 bits per heavy atom. The molecular formula is C18H29N3O. The Morgan fingerprint density at radius 2 is 1.77 bits per heavy atom. The van der Waals surface area contributed by atoms with Gasteiger partial charge in [-0.3, -0.25) is 14.6 Å². The van der Waals surface area contributed by atoms with Crippen LogP contribution in [-0.4, -0.2) is 54.0 Å². The van der Waals surface area contributed by atoms with Crippen molar-refractivity contribution in [2.45, 2.75) is 45.8 Å². The van der Waals surface area contributed by atoms with Gasteiger partial charge in [-0.05, 0) is 25.8 Å². The number of carbonyl (C=O) groups excluding carboxylic acids is 1. The summed E-state index contributed by atoms with van der Waals surface area (Å²) in [4.78, 5) is 17.0. The molecule has 0 radical (unpaired) electrons. The van der Waals surface area contributed by atoms with E-state index in [4.69, 9.17) is 0 Å². The molecule has 4 nitrogen and oxygen atoms in total. The van der Waals surface area contributed by atoms with Crippen LogP contribution in [0.1, 0.15) is 32.8 Å². The predicted molar refractivity (Wildman–Crippen MR) is 90.6 cm³/mol. The van der Waals surface area contributed by atoms with Crippen molar-refractivity contribution in [2.24, 2.45) is 0 Å². The van der Waals surface area contributed by atoms with E-state index < -0.39 is 0 Å². The lowest BCUT2D eigenvalue weighted by Crippen LogP contribution is -2.54. The standard InChI is InChI=1S/C18H29N3O/c1-4-15(2)19-18(22)16(3)21-12-10-20(11-13-21)14-17-8-6-5-7-9-17/h5-9,15-16H,4,10-14H2,1-3H3,(H,19,22). The van der Waals surface area contributed by atoms with Gasteiger partial charge in [0.25, 0.3) is 0 Å². The first-order valence-corrected chi connectivity index (χ1v) is 8.41. The third kappa shape index (κ3) is 4.82. The molecule has 1 N–H and O–H groups in total. The Hall–Kier alpha value is -1.39. The second kappa shape index (κ2) is 8.30. The topological polar surface area (TPSA) is 35.6 Å². The minimum Gasteiger partial charge on any atom is -0.352 e. The number of benzene rings is 1. The molecule has 1 amide bonds. The predicted octanol–water partition coefficient (Wildman–Crippen LogP) is 2.11. The van der Waals surface area contributed by atoms with Crippen molar-refractivity contribution in [1.82, 2.24) is 15.1 Å². The highest BCUT2D eigenvalue weighted by Crippen LogP contribution is 2.11. The maximum atomic E-state index is 12.2. The van der Waals surface area contributed by atoms with Crippen LogP contribution in [0.4, 0.5) is 0 Å². The zero-order valence-electron chi connectivity index (χ0n) is 14.1. The van der Waals surface area contributed by atoms with Gasteiger partial charge in [0.1, 0.15) is 0 Å². The summed E-state index contributed by atoms with van der Waals surface area (Å²) in [5.74, 6) is 0.158. The molecule has 2 rings (SSSR count). The van der Waals surface area contributed by atoms with Crippen molar-refractivity contribution in [1.29, 1.82) is 0 Å². The molecule has 4 heteroatoms. The number of hydrogen-bond donors (Lipinski definition) is 1. The Labute approximate surface area is 134 Å². The van der Waals surface area contributed by atoms with Gasteiger partial charge in [-0.1, -0.05) is 37.3 Å². The molecule has 1 fully saturated rings. The number of nitrogens with one attached hydrogen (secondary N) is 1. The van der Waals surface area contributed by atoms with E-state index in [-0.39, 0.29) is 18.0 Å². The van der Waals surface area contributed by atoms with Crippen LogP contribution in [0.15, 0.2) is 30.3 Å². The van der Waals surface area contributed by atoms with E-state index in [0.717, 1.165) is 39.1 Å². The zero-order valence-corrected chi connectivity index (χ0v) is 14.1. The molecule has 0 bridgehead atoms. The first-order chi connectivity index (χ1) is 10.6. The number of nitrogens with zero attached hydrogens (tertiary/aromatic N) is 2. The SMILES string of the molecule is CCC(C)NC(=O)C(C)N1CCN(Cc2ccccc2)CC1. The van der Waals surface area contributed by atoms with Crippen molar-refractivity contribution in [3.05, 3.63) is 35.9 Å². The number of piperazine rings is 1. The van der Waals surface area contributed by atoms with Crippen molar-refractivity contribution in [3.8, 4) is 0 Å². The van der Waals surface area contributed by atoms with Crippen LogP contribution in [0.2, 0.25) is 0 Å². The lowest BCUT2D eigenvalue weighted by atomic mass is 10.1. The molecule has 1 heterocycles. The molecule has 1 saturated heterocycles. The monoisotopic (exact) mass is 303 g/mol. The van der Waals surface area contributed by atoms with Gasteiger partial charge in [-0.2, -0.15) is 0 Å². The molecule has 22 heavy (non-hydrogen) atoms. The van der Waals surface area contributed by atoms with Crippen molar-refractivity contribution < 1.29 is 4.79 Å². The Morgan fingerprint density at radius 1 is 1.14 bits per heavy atom. The summed E-state index contributed by atoms with van der Waals surface area (Å²) in [6, 6.07) is 10.8. The largest absolute Gasteiger partial charge is 0.352 e. The average Bonchev–Trinajstić information content (AvgIpc) is 2.55. The summed E-state index contributed by atoms with van der Waals surface area (Å²) in [6.07, 6.45) is 0.976. The van der Waals surface area contributed by atoms with E-state index in [1.54, 1.807) is 0 Å². The molecule has 1 aliphatic heterocycles. The second-order valence-corrected chi connectivity index (χ2v) is 6.29. The van der Waals surface area contributed by atoms with Crippen LogP contribution in [-0.2, 0) is 11.3 Å². The number of hydrogen-bond acceptors (Lipinski definition) is 3. The van der Waals surface area contributed by atoms with Gasteiger partial charge in [0.2, 0.25) is 5.91 Å². The van der Waals surface area contributed by atoms with Crippen molar-refractivity contribution in [3.63, 3.8) is 0 Å². The molecule has 0 aliphatic carbocycles. The quantitative estimate of drug-likeness (QED) is 0.874. The van der Waals surface area contributed by atoms with E-state index in [1.807, 2.05) is 6.92 Å². The first kappa shape index (κ1) is 17.0. The fourth-order valence-corrected chi connectivity index (χ4v) is 2.78. The fraction of sp³-hybridized carbons (Fsp3) is 0.611. The maximum Gasteiger partial charge on any atom is 0.237 e. The smallest absolute Gasteiger partial charge is 0.237 e. The van der Waals surface area contributed by atoms with Crippen molar-refractivity contribution in [2.75, 3.05) is 26.2 Å². The molecule has 2 unspecified atom stereocenters. The van der Waals surface area contributed by atoms with Gasteiger partial charge in [-0.25, -0.2) is 0 Å². The van der Waals surface area contributed by atoms with Crippen LogP contribution in [0.5, 0.6) is 0 Å². The zero-order chi connectivity index (χ0) is 15.9.